The number of hydrogen-bond donors (Lipinski definition) is 2. The van der Waals surface area contributed by atoms with Crippen molar-refractivity contribution in [1.82, 2.24) is 18.9 Å². The molecular formula is C33H38N4O6S2. The van der Waals surface area contributed by atoms with E-state index in [0.717, 1.165) is 15.4 Å². The first-order valence-corrected chi connectivity index (χ1v) is 17.6. The third-order valence-electron chi connectivity index (χ3n) is 8.07. The number of fused-ring (bicyclic) bond motifs is 1. The number of nitrogens with one attached hydrogen (secondary N) is 1. The van der Waals surface area contributed by atoms with Crippen LogP contribution in [0.5, 0.6) is 0 Å². The van der Waals surface area contributed by atoms with Gasteiger partial charge in [-0.25, -0.2) is 16.8 Å². The minimum atomic E-state index is -4.31. The standard InChI is InChI=1S/C33H38N4O6S2/c1-33(2,3)26-14-16-27(17-15-26)44(40,41)36-20-21-37(45(42,43)30-13-7-11-25-12-8-19-34-31(25)30)29(23-36)32(39)35-28(18-22-38)24-9-5-4-6-10-24/h4-17,19,28-29,38H,18,20-23H2,1-3H3,(H,35,39)/t28?,29-/m1/s1. The van der Waals surface area contributed by atoms with Crippen molar-refractivity contribution in [2.45, 2.75) is 54.5 Å². The summed E-state index contributed by atoms with van der Waals surface area (Å²) in [6, 6.07) is 21.9. The SMILES string of the molecule is CC(C)(C)c1ccc(S(=O)(=O)N2CCN(S(=O)(=O)c3cccc4cccnc34)[C@@H](C(=O)NC(CCO)c3ccccc3)C2)cc1. The Bertz CT molecular complexity index is 1870. The molecule has 3 aromatic carbocycles. The van der Waals surface area contributed by atoms with Crippen molar-refractivity contribution in [2.24, 2.45) is 0 Å². The minimum Gasteiger partial charge on any atom is -0.396 e. The number of pyridine rings is 1. The number of carbonyl (C=O) groups excluding carboxylic acids is 1. The maximum atomic E-state index is 14.3. The summed E-state index contributed by atoms with van der Waals surface area (Å²) >= 11 is 0. The van der Waals surface area contributed by atoms with Crippen LogP contribution in [0.4, 0.5) is 0 Å². The highest BCUT2D eigenvalue weighted by Crippen LogP contribution is 2.30. The molecular weight excluding hydrogens is 613 g/mol. The molecule has 2 atom stereocenters. The molecule has 1 saturated heterocycles. The first kappa shape index (κ1) is 32.7. The van der Waals surface area contributed by atoms with Crippen LogP contribution >= 0.6 is 0 Å². The molecule has 0 bridgehead atoms. The Morgan fingerprint density at radius 3 is 2.27 bits per heavy atom. The van der Waals surface area contributed by atoms with Gasteiger partial charge < -0.3 is 10.4 Å². The lowest BCUT2D eigenvalue weighted by atomic mass is 9.87. The molecule has 238 valence electrons. The molecule has 0 aliphatic carbocycles. The zero-order chi connectivity index (χ0) is 32.4. The molecule has 1 aliphatic heterocycles. The molecule has 5 rings (SSSR count). The molecule has 0 spiro atoms. The summed E-state index contributed by atoms with van der Waals surface area (Å²) in [5.41, 5.74) is 1.78. The number of para-hydroxylation sites is 1. The van der Waals surface area contributed by atoms with Crippen molar-refractivity contribution in [3.05, 3.63) is 102 Å². The number of rotatable bonds is 9. The molecule has 10 nitrogen and oxygen atoms in total. The lowest BCUT2D eigenvalue weighted by molar-refractivity contribution is -0.126. The average Bonchev–Trinajstić information content (AvgIpc) is 3.04. The van der Waals surface area contributed by atoms with E-state index >= 15 is 0 Å². The molecule has 2 N–H and O–H groups in total. The van der Waals surface area contributed by atoms with E-state index in [4.69, 9.17) is 0 Å². The average molecular weight is 651 g/mol. The second-order valence-corrected chi connectivity index (χ2v) is 15.9. The Morgan fingerprint density at radius 2 is 1.60 bits per heavy atom. The fraction of sp³-hybridized carbons (Fsp3) is 0.333. The van der Waals surface area contributed by atoms with Gasteiger partial charge in [0, 0.05) is 37.8 Å². The zero-order valence-electron chi connectivity index (χ0n) is 25.5. The van der Waals surface area contributed by atoms with Crippen LogP contribution in [0.25, 0.3) is 10.9 Å². The van der Waals surface area contributed by atoms with Crippen molar-refractivity contribution in [2.75, 3.05) is 26.2 Å². The molecule has 12 heteroatoms. The van der Waals surface area contributed by atoms with E-state index in [1.54, 1.807) is 72.8 Å². The highest BCUT2D eigenvalue weighted by atomic mass is 32.2. The van der Waals surface area contributed by atoms with Crippen LogP contribution in [0.15, 0.2) is 101 Å². The number of sulfonamides is 2. The molecule has 45 heavy (non-hydrogen) atoms. The third kappa shape index (κ3) is 6.80. The molecule has 4 aromatic rings. The summed E-state index contributed by atoms with van der Waals surface area (Å²) in [7, 11) is -8.38. The first-order chi connectivity index (χ1) is 21.3. The number of piperazine rings is 1. The van der Waals surface area contributed by atoms with Crippen molar-refractivity contribution in [1.29, 1.82) is 0 Å². The predicted molar refractivity (Wildman–Crippen MR) is 172 cm³/mol. The van der Waals surface area contributed by atoms with Gasteiger partial charge in [0.15, 0.2) is 0 Å². The van der Waals surface area contributed by atoms with Crippen LogP contribution in [0, 0.1) is 0 Å². The van der Waals surface area contributed by atoms with Gasteiger partial charge in [-0.2, -0.15) is 8.61 Å². The number of nitrogens with zero attached hydrogens (tertiary/aromatic N) is 3. The van der Waals surface area contributed by atoms with Crippen LogP contribution in [-0.2, 0) is 30.3 Å². The van der Waals surface area contributed by atoms with Gasteiger partial charge in [0.05, 0.1) is 16.5 Å². The third-order valence-corrected chi connectivity index (χ3v) is 11.9. The zero-order valence-corrected chi connectivity index (χ0v) is 27.1. The fourth-order valence-corrected chi connectivity index (χ4v) is 8.73. The first-order valence-electron chi connectivity index (χ1n) is 14.8. The quantitative estimate of drug-likeness (QED) is 0.281. The van der Waals surface area contributed by atoms with E-state index < -0.39 is 44.6 Å². The Labute approximate surface area is 264 Å². The summed E-state index contributed by atoms with van der Waals surface area (Å²) < 4.78 is 58.4. The summed E-state index contributed by atoms with van der Waals surface area (Å²) in [4.78, 5) is 18.3. The summed E-state index contributed by atoms with van der Waals surface area (Å²) in [5, 5.41) is 13.2. The molecule has 1 fully saturated rings. The smallest absolute Gasteiger partial charge is 0.246 e. The molecule has 0 radical (unpaired) electrons. The second-order valence-electron chi connectivity index (χ2n) is 12.1. The largest absolute Gasteiger partial charge is 0.396 e. The van der Waals surface area contributed by atoms with Crippen molar-refractivity contribution < 1.29 is 26.7 Å². The molecule has 1 unspecified atom stereocenters. The fourth-order valence-electron chi connectivity index (χ4n) is 5.55. The van der Waals surface area contributed by atoms with Crippen LogP contribution < -0.4 is 5.32 Å². The monoisotopic (exact) mass is 650 g/mol. The van der Waals surface area contributed by atoms with Gasteiger partial charge in [0.25, 0.3) is 0 Å². The van der Waals surface area contributed by atoms with Crippen LogP contribution in [0.3, 0.4) is 0 Å². The van der Waals surface area contributed by atoms with Gasteiger partial charge in [-0.15, -0.1) is 0 Å². The Balaban J connectivity index is 1.52. The lowest BCUT2D eigenvalue weighted by Crippen LogP contribution is -2.61. The van der Waals surface area contributed by atoms with Gasteiger partial charge in [-0.3, -0.25) is 9.78 Å². The number of hydrogen-bond acceptors (Lipinski definition) is 7. The Kier molecular flexibility index (Phi) is 9.43. The number of aliphatic hydroxyl groups is 1. The highest BCUT2D eigenvalue weighted by molar-refractivity contribution is 7.89. The van der Waals surface area contributed by atoms with E-state index in [-0.39, 0.29) is 46.8 Å². The molecule has 1 amide bonds. The van der Waals surface area contributed by atoms with Crippen LogP contribution in [0.2, 0.25) is 0 Å². The Hall–Kier alpha value is -3.68. The topological polar surface area (TPSA) is 137 Å². The van der Waals surface area contributed by atoms with E-state index in [9.17, 15) is 26.7 Å². The molecule has 2 heterocycles. The van der Waals surface area contributed by atoms with E-state index in [1.165, 1.54) is 16.6 Å². The number of aromatic nitrogens is 1. The van der Waals surface area contributed by atoms with Crippen LogP contribution in [0.1, 0.15) is 44.4 Å². The maximum Gasteiger partial charge on any atom is 0.246 e. The van der Waals surface area contributed by atoms with Gasteiger partial charge in [-0.05, 0) is 47.2 Å². The summed E-state index contributed by atoms with van der Waals surface area (Å²) in [6.45, 7) is 5.08. The number of aliphatic hydroxyl groups excluding tert-OH is 1. The summed E-state index contributed by atoms with van der Waals surface area (Å²) in [5.74, 6) is -0.669. The van der Waals surface area contributed by atoms with E-state index in [2.05, 4.69) is 10.3 Å². The van der Waals surface area contributed by atoms with Gasteiger partial charge in [0.2, 0.25) is 26.0 Å². The minimum absolute atomic E-state index is 0.0617. The van der Waals surface area contributed by atoms with Crippen molar-refractivity contribution in [3.63, 3.8) is 0 Å². The highest BCUT2D eigenvalue weighted by Gasteiger charge is 2.44. The molecule has 1 aromatic heterocycles. The molecule has 1 aliphatic rings. The number of carbonyl (C=O) groups is 1. The van der Waals surface area contributed by atoms with E-state index in [0.29, 0.717) is 5.39 Å². The number of benzene rings is 3. The number of amides is 1. The van der Waals surface area contributed by atoms with Gasteiger partial charge >= 0.3 is 0 Å². The molecule has 0 saturated carbocycles. The van der Waals surface area contributed by atoms with Gasteiger partial charge in [-0.1, -0.05) is 81.4 Å². The van der Waals surface area contributed by atoms with Crippen LogP contribution in [-0.4, -0.2) is 73.7 Å². The van der Waals surface area contributed by atoms with E-state index in [1.807, 2.05) is 26.8 Å². The van der Waals surface area contributed by atoms with Crippen molar-refractivity contribution in [3.8, 4) is 0 Å². The Morgan fingerprint density at radius 1 is 0.911 bits per heavy atom. The normalized spacial score (nSPS) is 17.6. The predicted octanol–water partition coefficient (Wildman–Crippen LogP) is 3.84. The summed E-state index contributed by atoms with van der Waals surface area (Å²) in [6.07, 6.45) is 1.69. The lowest BCUT2D eigenvalue weighted by Gasteiger charge is -2.39. The maximum absolute atomic E-state index is 14.3. The van der Waals surface area contributed by atoms with Gasteiger partial charge in [0.1, 0.15) is 10.9 Å². The van der Waals surface area contributed by atoms with Crippen molar-refractivity contribution >= 4 is 36.9 Å². The second kappa shape index (κ2) is 13.0.